The molecule has 1 amide bonds. The van der Waals surface area contributed by atoms with Gasteiger partial charge in [-0.15, -0.1) is 12.6 Å². The van der Waals surface area contributed by atoms with Crippen molar-refractivity contribution >= 4 is 30.3 Å². The monoisotopic (exact) mass is 267 g/mol. The van der Waals surface area contributed by atoms with Gasteiger partial charge in [0.2, 0.25) is 0 Å². The largest absolute Gasteiger partial charge is 0.348 e. The van der Waals surface area contributed by atoms with Gasteiger partial charge in [-0.05, 0) is 37.3 Å². The second-order valence-corrected chi connectivity index (χ2v) is 5.93. The molecule has 1 N–H and O–H groups in total. The van der Waals surface area contributed by atoms with Crippen LogP contribution in [-0.2, 0) is 0 Å². The fraction of sp³-hybridized carbons (Fsp3) is 0.462. The summed E-state index contributed by atoms with van der Waals surface area (Å²) in [6.45, 7) is 0. The fourth-order valence-corrected chi connectivity index (χ4v) is 3.43. The Morgan fingerprint density at radius 2 is 2.29 bits per heavy atom. The van der Waals surface area contributed by atoms with Crippen LogP contribution < -0.4 is 5.32 Å². The van der Waals surface area contributed by atoms with Gasteiger partial charge >= 0.3 is 0 Å². The predicted octanol–water partition coefficient (Wildman–Crippen LogP) is 2.99. The lowest BCUT2D eigenvalue weighted by molar-refractivity contribution is 0.0938. The third-order valence-corrected chi connectivity index (χ3v) is 4.63. The number of thiol groups is 1. The molecule has 0 spiro atoms. The molecule has 0 saturated heterocycles. The summed E-state index contributed by atoms with van der Waals surface area (Å²) in [6, 6.07) is 7.69. The first kappa shape index (κ1) is 12.8. The van der Waals surface area contributed by atoms with Gasteiger partial charge in [-0.1, -0.05) is 12.5 Å². The number of carbonyl (C=O) groups excluding carboxylic acids is 1. The zero-order chi connectivity index (χ0) is 12.3. The Bertz CT molecular complexity index is 408. The minimum absolute atomic E-state index is 0.0202. The molecule has 2 unspecified atom stereocenters. The molecule has 0 aliphatic heterocycles. The molecule has 4 heteroatoms. The summed E-state index contributed by atoms with van der Waals surface area (Å²) in [4.78, 5) is 12.9. The van der Waals surface area contributed by atoms with E-state index < -0.39 is 0 Å². The van der Waals surface area contributed by atoms with Crippen molar-refractivity contribution in [2.75, 3.05) is 6.26 Å². The van der Waals surface area contributed by atoms with Crippen molar-refractivity contribution in [1.82, 2.24) is 5.32 Å². The van der Waals surface area contributed by atoms with Gasteiger partial charge < -0.3 is 5.32 Å². The molecule has 1 saturated carbocycles. The van der Waals surface area contributed by atoms with Crippen LogP contribution >= 0.6 is 24.4 Å². The van der Waals surface area contributed by atoms with E-state index in [0.717, 1.165) is 11.3 Å². The molecule has 1 aromatic rings. The van der Waals surface area contributed by atoms with Gasteiger partial charge in [-0.3, -0.25) is 4.79 Å². The highest BCUT2D eigenvalue weighted by Crippen LogP contribution is 2.28. The normalized spacial score (nSPS) is 23.6. The van der Waals surface area contributed by atoms with Gasteiger partial charge in [0.25, 0.3) is 5.91 Å². The van der Waals surface area contributed by atoms with E-state index >= 15 is 0 Å². The Hall–Kier alpha value is -0.610. The number of amides is 1. The van der Waals surface area contributed by atoms with E-state index in [4.69, 9.17) is 0 Å². The molecule has 1 aliphatic carbocycles. The summed E-state index contributed by atoms with van der Waals surface area (Å²) >= 11 is 6.10. The highest BCUT2D eigenvalue weighted by Gasteiger charge is 2.27. The summed E-state index contributed by atoms with van der Waals surface area (Å²) in [5, 5.41) is 3.70. The number of hydrogen-bond donors (Lipinski definition) is 2. The highest BCUT2D eigenvalue weighted by atomic mass is 32.2. The van der Waals surface area contributed by atoms with Crippen molar-refractivity contribution in [3.05, 3.63) is 29.8 Å². The van der Waals surface area contributed by atoms with Crippen LogP contribution in [0.15, 0.2) is 29.2 Å². The zero-order valence-corrected chi connectivity index (χ0v) is 11.6. The van der Waals surface area contributed by atoms with Crippen LogP contribution in [0.3, 0.4) is 0 Å². The molecule has 0 bridgehead atoms. The summed E-state index contributed by atoms with van der Waals surface area (Å²) in [5.41, 5.74) is 0.698. The van der Waals surface area contributed by atoms with Crippen molar-refractivity contribution in [3.63, 3.8) is 0 Å². The SMILES string of the molecule is CSC1CCCC1NC(=O)c1cccc(S)c1. The zero-order valence-electron chi connectivity index (χ0n) is 9.85. The Balaban J connectivity index is 2.01. The number of thioether (sulfide) groups is 1. The Morgan fingerprint density at radius 3 is 3.00 bits per heavy atom. The van der Waals surface area contributed by atoms with E-state index in [1.807, 2.05) is 36.0 Å². The molecule has 92 valence electrons. The average Bonchev–Trinajstić information content (AvgIpc) is 2.76. The molecule has 0 heterocycles. The number of rotatable bonds is 3. The number of hydrogen-bond acceptors (Lipinski definition) is 3. The molecule has 2 atom stereocenters. The van der Waals surface area contributed by atoms with Gasteiger partial charge in [-0.25, -0.2) is 0 Å². The average molecular weight is 267 g/mol. The van der Waals surface area contributed by atoms with Crippen LogP contribution in [0.5, 0.6) is 0 Å². The van der Waals surface area contributed by atoms with E-state index in [9.17, 15) is 4.79 Å². The molecule has 0 radical (unpaired) electrons. The van der Waals surface area contributed by atoms with Crippen molar-refractivity contribution in [2.45, 2.75) is 35.4 Å². The topological polar surface area (TPSA) is 29.1 Å². The first-order chi connectivity index (χ1) is 8.20. The minimum Gasteiger partial charge on any atom is -0.348 e. The third kappa shape index (κ3) is 3.19. The van der Waals surface area contributed by atoms with Crippen LogP contribution in [-0.4, -0.2) is 23.5 Å². The molecule has 1 aliphatic rings. The highest BCUT2D eigenvalue weighted by molar-refractivity contribution is 7.99. The van der Waals surface area contributed by atoms with Crippen LogP contribution in [0.1, 0.15) is 29.6 Å². The van der Waals surface area contributed by atoms with Gasteiger partial charge in [0.15, 0.2) is 0 Å². The first-order valence-corrected chi connectivity index (χ1v) is 7.57. The first-order valence-electron chi connectivity index (χ1n) is 5.83. The second kappa shape index (κ2) is 5.83. The van der Waals surface area contributed by atoms with Crippen molar-refractivity contribution in [1.29, 1.82) is 0 Å². The van der Waals surface area contributed by atoms with Crippen molar-refractivity contribution in [2.24, 2.45) is 0 Å². The van der Waals surface area contributed by atoms with E-state index in [0.29, 0.717) is 16.9 Å². The number of benzene rings is 1. The molecule has 17 heavy (non-hydrogen) atoms. The molecule has 0 aromatic heterocycles. The van der Waals surface area contributed by atoms with Crippen LogP contribution in [0.4, 0.5) is 0 Å². The fourth-order valence-electron chi connectivity index (χ4n) is 2.27. The van der Waals surface area contributed by atoms with Gasteiger partial charge in [0, 0.05) is 21.8 Å². The maximum absolute atomic E-state index is 12.1. The maximum atomic E-state index is 12.1. The van der Waals surface area contributed by atoms with E-state index in [-0.39, 0.29) is 5.91 Å². The Morgan fingerprint density at radius 1 is 1.47 bits per heavy atom. The quantitative estimate of drug-likeness (QED) is 0.824. The Kier molecular flexibility index (Phi) is 4.40. The summed E-state index contributed by atoms with van der Waals surface area (Å²) in [7, 11) is 0. The smallest absolute Gasteiger partial charge is 0.251 e. The molecule has 1 fully saturated rings. The maximum Gasteiger partial charge on any atom is 0.251 e. The lowest BCUT2D eigenvalue weighted by atomic mass is 10.2. The standard InChI is InChI=1S/C13H17NOS2/c1-17-12-7-3-6-11(12)14-13(15)9-4-2-5-10(16)8-9/h2,4-5,8,11-12,16H,3,6-7H2,1H3,(H,14,15). The Labute approximate surface area is 112 Å². The molecule has 2 rings (SSSR count). The summed E-state index contributed by atoms with van der Waals surface area (Å²) < 4.78 is 0. The van der Waals surface area contributed by atoms with Gasteiger partial charge in [0.05, 0.1) is 0 Å². The third-order valence-electron chi connectivity index (χ3n) is 3.18. The number of nitrogens with one attached hydrogen (secondary N) is 1. The van der Waals surface area contributed by atoms with Gasteiger partial charge in [0.1, 0.15) is 0 Å². The molecule has 1 aromatic carbocycles. The van der Waals surface area contributed by atoms with E-state index in [1.165, 1.54) is 12.8 Å². The predicted molar refractivity (Wildman–Crippen MR) is 76.1 cm³/mol. The molecular formula is C13H17NOS2. The van der Waals surface area contributed by atoms with Crippen molar-refractivity contribution < 1.29 is 4.79 Å². The van der Waals surface area contributed by atoms with Crippen LogP contribution in [0, 0.1) is 0 Å². The van der Waals surface area contributed by atoms with Crippen LogP contribution in [0.25, 0.3) is 0 Å². The van der Waals surface area contributed by atoms with E-state index in [2.05, 4.69) is 24.2 Å². The second-order valence-electron chi connectivity index (χ2n) is 4.34. The van der Waals surface area contributed by atoms with Gasteiger partial charge in [-0.2, -0.15) is 11.8 Å². The molecule has 2 nitrogen and oxygen atoms in total. The minimum atomic E-state index is 0.0202. The lowest BCUT2D eigenvalue weighted by Gasteiger charge is -2.19. The van der Waals surface area contributed by atoms with Crippen molar-refractivity contribution in [3.8, 4) is 0 Å². The van der Waals surface area contributed by atoms with E-state index in [1.54, 1.807) is 0 Å². The molecular weight excluding hydrogens is 250 g/mol. The lowest BCUT2D eigenvalue weighted by Crippen LogP contribution is -2.38. The number of carbonyl (C=O) groups is 1. The summed E-state index contributed by atoms with van der Waals surface area (Å²) in [5.74, 6) is 0.0202. The van der Waals surface area contributed by atoms with Crippen LogP contribution in [0.2, 0.25) is 0 Å². The summed E-state index contributed by atoms with van der Waals surface area (Å²) in [6.07, 6.45) is 5.63.